The molecule has 19 heavy (non-hydrogen) atoms. The Labute approximate surface area is 115 Å². The van der Waals surface area contributed by atoms with Crippen molar-refractivity contribution in [3.8, 4) is 0 Å². The van der Waals surface area contributed by atoms with Crippen molar-refractivity contribution >= 4 is 12.0 Å². The van der Waals surface area contributed by atoms with Crippen LogP contribution in [0.5, 0.6) is 0 Å². The lowest BCUT2D eigenvalue weighted by Gasteiger charge is -2.28. The van der Waals surface area contributed by atoms with E-state index in [4.69, 9.17) is 5.11 Å². The predicted octanol–water partition coefficient (Wildman–Crippen LogP) is 1.13. The molecule has 112 valence electrons. The SMILES string of the molecule is CCC(CC(=O)O)NC(=O)NCC(C)(C)CN(C)C. The Balaban J connectivity index is 4.13. The summed E-state index contributed by atoms with van der Waals surface area (Å²) in [7, 11) is 3.98. The number of nitrogens with one attached hydrogen (secondary N) is 2. The summed E-state index contributed by atoms with van der Waals surface area (Å²) in [6.07, 6.45) is 0.547. The van der Waals surface area contributed by atoms with Gasteiger partial charge in [-0.05, 0) is 25.9 Å². The topological polar surface area (TPSA) is 81.7 Å². The van der Waals surface area contributed by atoms with Crippen LogP contribution in [0, 0.1) is 5.41 Å². The first-order chi connectivity index (χ1) is 8.66. The number of hydrogen-bond acceptors (Lipinski definition) is 3. The largest absolute Gasteiger partial charge is 0.481 e. The van der Waals surface area contributed by atoms with Crippen molar-refractivity contribution in [1.82, 2.24) is 15.5 Å². The maximum absolute atomic E-state index is 11.7. The number of nitrogens with zero attached hydrogens (tertiary/aromatic N) is 1. The molecule has 1 atom stereocenters. The molecule has 3 N–H and O–H groups in total. The van der Waals surface area contributed by atoms with Gasteiger partial charge in [0.05, 0.1) is 6.42 Å². The molecule has 0 rings (SSSR count). The van der Waals surface area contributed by atoms with Crippen molar-refractivity contribution < 1.29 is 14.7 Å². The van der Waals surface area contributed by atoms with Crippen LogP contribution in [0.4, 0.5) is 4.79 Å². The molecule has 0 saturated carbocycles. The maximum Gasteiger partial charge on any atom is 0.315 e. The van der Waals surface area contributed by atoms with Crippen LogP contribution < -0.4 is 10.6 Å². The molecule has 0 heterocycles. The van der Waals surface area contributed by atoms with Crippen LogP contribution in [0.3, 0.4) is 0 Å². The zero-order valence-corrected chi connectivity index (χ0v) is 12.6. The Bertz CT molecular complexity index is 304. The van der Waals surface area contributed by atoms with E-state index in [-0.39, 0.29) is 23.9 Å². The summed E-state index contributed by atoms with van der Waals surface area (Å²) in [5.74, 6) is -0.903. The summed E-state index contributed by atoms with van der Waals surface area (Å²) in [6.45, 7) is 7.40. The standard InChI is InChI=1S/C13H27N3O3/c1-6-10(7-11(17)18)15-12(19)14-8-13(2,3)9-16(4)5/h10H,6-9H2,1-5H3,(H,17,18)(H2,14,15,19). The second kappa shape index (κ2) is 7.99. The molecule has 0 spiro atoms. The highest BCUT2D eigenvalue weighted by Crippen LogP contribution is 2.13. The molecule has 0 fully saturated rings. The first-order valence-corrected chi connectivity index (χ1v) is 6.57. The van der Waals surface area contributed by atoms with E-state index in [0.29, 0.717) is 13.0 Å². The normalized spacial score (nSPS) is 13.2. The molecule has 0 radical (unpaired) electrons. The van der Waals surface area contributed by atoms with Crippen LogP contribution in [-0.4, -0.2) is 55.2 Å². The zero-order valence-electron chi connectivity index (χ0n) is 12.6. The third-order valence-corrected chi connectivity index (χ3v) is 2.72. The monoisotopic (exact) mass is 273 g/mol. The molecular formula is C13H27N3O3. The van der Waals surface area contributed by atoms with Crippen LogP contribution in [0.2, 0.25) is 0 Å². The molecule has 0 aliphatic carbocycles. The van der Waals surface area contributed by atoms with Gasteiger partial charge in [0.25, 0.3) is 0 Å². The Morgan fingerprint density at radius 1 is 1.32 bits per heavy atom. The highest BCUT2D eigenvalue weighted by molar-refractivity contribution is 5.75. The quantitative estimate of drug-likeness (QED) is 0.619. The minimum absolute atomic E-state index is 0.0324. The number of rotatable bonds is 8. The third kappa shape index (κ3) is 9.30. The van der Waals surface area contributed by atoms with E-state index >= 15 is 0 Å². The first kappa shape index (κ1) is 17.7. The van der Waals surface area contributed by atoms with E-state index in [2.05, 4.69) is 29.4 Å². The van der Waals surface area contributed by atoms with Gasteiger partial charge < -0.3 is 20.6 Å². The average molecular weight is 273 g/mol. The van der Waals surface area contributed by atoms with Crippen molar-refractivity contribution in [2.75, 3.05) is 27.2 Å². The number of urea groups is 1. The molecule has 6 heteroatoms. The number of carboxylic acid groups (broad SMARTS) is 1. The van der Waals surface area contributed by atoms with Gasteiger partial charge in [0.15, 0.2) is 0 Å². The van der Waals surface area contributed by atoms with E-state index in [1.54, 1.807) is 0 Å². The van der Waals surface area contributed by atoms with E-state index in [1.165, 1.54) is 0 Å². The molecule has 0 saturated heterocycles. The van der Waals surface area contributed by atoms with Gasteiger partial charge in [0, 0.05) is 19.1 Å². The molecule has 1 unspecified atom stereocenters. The van der Waals surface area contributed by atoms with E-state index in [1.807, 2.05) is 21.0 Å². The summed E-state index contributed by atoms with van der Waals surface area (Å²) >= 11 is 0. The molecule has 0 bridgehead atoms. The Morgan fingerprint density at radius 2 is 1.89 bits per heavy atom. The van der Waals surface area contributed by atoms with Crippen molar-refractivity contribution in [2.45, 2.75) is 39.7 Å². The highest BCUT2D eigenvalue weighted by atomic mass is 16.4. The molecule has 0 aliphatic rings. The number of aliphatic carboxylic acids is 1. The van der Waals surface area contributed by atoms with E-state index < -0.39 is 5.97 Å². The lowest BCUT2D eigenvalue weighted by Crippen LogP contribution is -2.47. The van der Waals surface area contributed by atoms with Crippen molar-refractivity contribution in [3.63, 3.8) is 0 Å². The number of amides is 2. The van der Waals surface area contributed by atoms with Crippen molar-refractivity contribution in [3.05, 3.63) is 0 Å². The second-order valence-electron chi connectivity index (χ2n) is 5.93. The van der Waals surface area contributed by atoms with Crippen LogP contribution in [0.15, 0.2) is 0 Å². The molecule has 0 aliphatic heterocycles. The predicted molar refractivity (Wildman–Crippen MR) is 75.2 cm³/mol. The number of carbonyl (C=O) groups is 2. The Morgan fingerprint density at radius 3 is 2.32 bits per heavy atom. The number of carboxylic acids is 1. The molecular weight excluding hydrogens is 246 g/mol. The molecule has 6 nitrogen and oxygen atoms in total. The van der Waals surface area contributed by atoms with Gasteiger partial charge in [-0.1, -0.05) is 20.8 Å². The summed E-state index contributed by atoms with van der Waals surface area (Å²) in [5.41, 5.74) is -0.0324. The third-order valence-electron chi connectivity index (χ3n) is 2.72. The van der Waals surface area contributed by atoms with Gasteiger partial charge >= 0.3 is 12.0 Å². The second-order valence-corrected chi connectivity index (χ2v) is 5.93. The highest BCUT2D eigenvalue weighted by Gasteiger charge is 2.20. The van der Waals surface area contributed by atoms with Crippen LogP contribution in [-0.2, 0) is 4.79 Å². The van der Waals surface area contributed by atoms with Gasteiger partial charge in [0.2, 0.25) is 0 Å². The summed E-state index contributed by atoms with van der Waals surface area (Å²) in [6, 6.07) is -0.630. The fraction of sp³-hybridized carbons (Fsp3) is 0.846. The maximum atomic E-state index is 11.7. The number of carbonyl (C=O) groups excluding carboxylic acids is 1. The van der Waals surface area contributed by atoms with Gasteiger partial charge in [0.1, 0.15) is 0 Å². The van der Waals surface area contributed by atoms with Crippen LogP contribution in [0.25, 0.3) is 0 Å². The fourth-order valence-electron chi connectivity index (χ4n) is 1.98. The minimum atomic E-state index is -0.903. The van der Waals surface area contributed by atoms with Crippen molar-refractivity contribution in [1.29, 1.82) is 0 Å². The minimum Gasteiger partial charge on any atom is -0.481 e. The Hall–Kier alpha value is -1.30. The smallest absolute Gasteiger partial charge is 0.315 e. The van der Waals surface area contributed by atoms with Gasteiger partial charge in [-0.25, -0.2) is 4.79 Å². The summed E-state index contributed by atoms with van der Waals surface area (Å²) in [5, 5.41) is 14.2. The van der Waals surface area contributed by atoms with Crippen LogP contribution >= 0.6 is 0 Å². The van der Waals surface area contributed by atoms with Gasteiger partial charge in [-0.2, -0.15) is 0 Å². The number of hydrogen-bond donors (Lipinski definition) is 3. The average Bonchev–Trinajstić information content (AvgIpc) is 2.23. The van der Waals surface area contributed by atoms with Crippen LogP contribution in [0.1, 0.15) is 33.6 Å². The summed E-state index contributed by atoms with van der Waals surface area (Å²) in [4.78, 5) is 24.4. The molecule has 0 aromatic heterocycles. The summed E-state index contributed by atoms with van der Waals surface area (Å²) < 4.78 is 0. The van der Waals surface area contributed by atoms with Gasteiger partial charge in [-0.15, -0.1) is 0 Å². The zero-order chi connectivity index (χ0) is 15.1. The van der Waals surface area contributed by atoms with Gasteiger partial charge in [-0.3, -0.25) is 4.79 Å². The fourth-order valence-corrected chi connectivity index (χ4v) is 1.98. The lowest BCUT2D eigenvalue weighted by molar-refractivity contribution is -0.137. The Kier molecular flexibility index (Phi) is 7.44. The first-order valence-electron chi connectivity index (χ1n) is 6.57. The lowest BCUT2D eigenvalue weighted by atomic mass is 9.93. The van der Waals surface area contributed by atoms with E-state index in [0.717, 1.165) is 6.54 Å². The molecule has 0 aromatic carbocycles. The molecule has 2 amide bonds. The molecule has 0 aromatic rings. The van der Waals surface area contributed by atoms with E-state index in [9.17, 15) is 9.59 Å². The van der Waals surface area contributed by atoms with Crippen molar-refractivity contribution in [2.24, 2.45) is 5.41 Å².